The van der Waals surface area contributed by atoms with E-state index in [1.165, 1.54) is 24.3 Å². The molecule has 0 fully saturated rings. The van der Waals surface area contributed by atoms with E-state index in [2.05, 4.69) is 20.3 Å². The molecule has 2 N–H and O–H groups in total. The van der Waals surface area contributed by atoms with E-state index in [0.29, 0.717) is 16.5 Å². The van der Waals surface area contributed by atoms with Crippen molar-refractivity contribution in [2.24, 2.45) is 0 Å². The molecule has 0 unspecified atom stereocenters. The number of H-pyrrole nitrogens is 1. The Hall–Kier alpha value is -3.36. The van der Waals surface area contributed by atoms with E-state index in [1.54, 1.807) is 24.3 Å². The molecule has 9 heteroatoms. The number of rotatable bonds is 4. The monoisotopic (exact) mass is 363 g/mol. The van der Waals surface area contributed by atoms with E-state index in [9.17, 15) is 22.8 Å². The fourth-order valence-electron chi connectivity index (χ4n) is 2.28. The number of carbonyl (C=O) groups is 1. The summed E-state index contributed by atoms with van der Waals surface area (Å²) < 4.78 is 41.0. The number of hydrogen-bond acceptors (Lipinski definition) is 4. The first kappa shape index (κ1) is 17.5. The van der Waals surface area contributed by atoms with E-state index in [0.717, 1.165) is 0 Å². The molecular weight excluding hydrogens is 351 g/mol. The van der Waals surface area contributed by atoms with E-state index in [1.807, 2.05) is 0 Å². The van der Waals surface area contributed by atoms with Gasteiger partial charge in [-0.2, -0.15) is 18.3 Å². The predicted molar refractivity (Wildman–Crippen MR) is 88.3 cm³/mol. The Morgan fingerprint density at radius 1 is 1.08 bits per heavy atom. The second-order valence-corrected chi connectivity index (χ2v) is 5.33. The largest absolute Gasteiger partial charge is 0.484 e. The van der Waals surface area contributed by atoms with Gasteiger partial charge in [-0.25, -0.2) is 5.10 Å². The molecular formula is C17H12F3N3O3. The van der Waals surface area contributed by atoms with Crippen LogP contribution in [0.5, 0.6) is 5.75 Å². The van der Waals surface area contributed by atoms with Gasteiger partial charge >= 0.3 is 6.18 Å². The second kappa shape index (κ2) is 6.87. The quantitative estimate of drug-likeness (QED) is 0.746. The molecule has 0 saturated carbocycles. The lowest BCUT2D eigenvalue weighted by atomic mass is 10.1. The number of carbonyl (C=O) groups excluding carboxylic acids is 1. The molecule has 1 heterocycles. The van der Waals surface area contributed by atoms with Crippen LogP contribution in [0.2, 0.25) is 0 Å². The lowest BCUT2D eigenvalue weighted by molar-refractivity contribution is -0.153. The summed E-state index contributed by atoms with van der Waals surface area (Å²) in [6.45, 7) is -1.40. The molecule has 3 aromatic rings. The summed E-state index contributed by atoms with van der Waals surface area (Å²) in [5.41, 5.74) is -0.0487. The van der Waals surface area contributed by atoms with Gasteiger partial charge < -0.3 is 10.1 Å². The van der Waals surface area contributed by atoms with Gasteiger partial charge in [0.25, 0.3) is 11.5 Å². The molecule has 1 amide bonds. The van der Waals surface area contributed by atoms with Crippen molar-refractivity contribution in [1.29, 1.82) is 0 Å². The number of ether oxygens (including phenoxy) is 1. The first-order chi connectivity index (χ1) is 12.3. The highest BCUT2D eigenvalue weighted by atomic mass is 19.4. The van der Waals surface area contributed by atoms with Crippen molar-refractivity contribution in [3.05, 3.63) is 64.6 Å². The summed E-state index contributed by atoms with van der Waals surface area (Å²) in [6, 6.07) is 11.9. The number of hydrogen-bond donors (Lipinski definition) is 2. The zero-order chi connectivity index (χ0) is 18.7. The highest BCUT2D eigenvalue weighted by molar-refractivity contribution is 6.11. The van der Waals surface area contributed by atoms with Crippen LogP contribution in [0.25, 0.3) is 10.8 Å². The van der Waals surface area contributed by atoms with Gasteiger partial charge in [-0.3, -0.25) is 9.59 Å². The average molecular weight is 363 g/mol. The second-order valence-electron chi connectivity index (χ2n) is 5.33. The van der Waals surface area contributed by atoms with Crippen LogP contribution in [-0.4, -0.2) is 28.9 Å². The normalized spacial score (nSPS) is 11.3. The number of halogens is 3. The number of aromatic amines is 1. The lowest BCUT2D eigenvalue weighted by Gasteiger charge is -2.10. The average Bonchev–Trinajstić information content (AvgIpc) is 2.61. The molecule has 0 bridgehead atoms. The van der Waals surface area contributed by atoms with Crippen molar-refractivity contribution in [3.8, 4) is 5.75 Å². The molecule has 6 nitrogen and oxygen atoms in total. The summed E-state index contributed by atoms with van der Waals surface area (Å²) in [5.74, 6) is -0.547. The molecule has 3 rings (SSSR count). The summed E-state index contributed by atoms with van der Waals surface area (Å²) in [4.78, 5) is 24.1. The molecule has 1 aromatic heterocycles. The van der Waals surface area contributed by atoms with Crippen molar-refractivity contribution < 1.29 is 22.7 Å². The number of benzene rings is 2. The summed E-state index contributed by atoms with van der Waals surface area (Å²) in [5, 5.41) is 9.31. The van der Waals surface area contributed by atoms with Crippen LogP contribution >= 0.6 is 0 Å². The fraction of sp³-hybridized carbons (Fsp3) is 0.118. The molecule has 26 heavy (non-hydrogen) atoms. The van der Waals surface area contributed by atoms with Gasteiger partial charge in [0, 0.05) is 11.1 Å². The van der Waals surface area contributed by atoms with Gasteiger partial charge in [0.05, 0.1) is 5.39 Å². The zero-order valence-electron chi connectivity index (χ0n) is 13.1. The maximum absolute atomic E-state index is 12.4. The van der Waals surface area contributed by atoms with Crippen LogP contribution < -0.4 is 15.6 Å². The van der Waals surface area contributed by atoms with Crippen molar-refractivity contribution in [2.75, 3.05) is 11.9 Å². The third-order valence-electron chi connectivity index (χ3n) is 3.43. The maximum Gasteiger partial charge on any atom is 0.422 e. The highest BCUT2D eigenvalue weighted by Gasteiger charge is 2.28. The third-order valence-corrected chi connectivity index (χ3v) is 3.43. The molecule has 0 radical (unpaired) electrons. The maximum atomic E-state index is 12.4. The Morgan fingerprint density at radius 3 is 2.38 bits per heavy atom. The Morgan fingerprint density at radius 2 is 1.73 bits per heavy atom. The Kier molecular flexibility index (Phi) is 4.61. The standard InChI is InChI=1S/C17H12F3N3O3/c18-17(19,20)9-26-11-7-5-10(6-8-11)21-16(25)14-12-3-1-2-4-13(12)15(24)23-22-14/h1-8H,9H2,(H,21,25)(H,23,24). The van der Waals surface area contributed by atoms with Crippen LogP contribution in [-0.2, 0) is 0 Å². The van der Waals surface area contributed by atoms with Crippen LogP contribution in [0.15, 0.2) is 53.3 Å². The minimum atomic E-state index is -4.43. The Balaban J connectivity index is 1.77. The molecule has 0 spiro atoms. The van der Waals surface area contributed by atoms with Crippen molar-refractivity contribution >= 4 is 22.4 Å². The van der Waals surface area contributed by atoms with Crippen molar-refractivity contribution in [2.45, 2.75) is 6.18 Å². The molecule has 134 valence electrons. The van der Waals surface area contributed by atoms with Gasteiger partial charge in [-0.1, -0.05) is 18.2 Å². The number of anilines is 1. The molecule has 0 saturated heterocycles. The van der Waals surface area contributed by atoms with Crippen LogP contribution in [0.3, 0.4) is 0 Å². The first-order valence-electron chi connectivity index (χ1n) is 7.42. The lowest BCUT2D eigenvalue weighted by Crippen LogP contribution is -2.20. The van der Waals surface area contributed by atoms with Gasteiger partial charge in [0.1, 0.15) is 5.75 Å². The number of aromatic nitrogens is 2. The van der Waals surface area contributed by atoms with Gasteiger partial charge in [-0.05, 0) is 30.3 Å². The summed E-state index contributed by atoms with van der Waals surface area (Å²) >= 11 is 0. The van der Waals surface area contributed by atoms with E-state index in [4.69, 9.17) is 0 Å². The van der Waals surface area contributed by atoms with Crippen molar-refractivity contribution in [1.82, 2.24) is 10.2 Å². The molecule has 0 atom stereocenters. The fourth-order valence-corrected chi connectivity index (χ4v) is 2.28. The summed E-state index contributed by atoms with van der Waals surface area (Å²) in [7, 11) is 0. The number of nitrogens with one attached hydrogen (secondary N) is 2. The molecule has 0 aliphatic heterocycles. The van der Waals surface area contributed by atoms with Crippen LogP contribution in [0, 0.1) is 0 Å². The minimum Gasteiger partial charge on any atom is -0.484 e. The van der Waals surface area contributed by atoms with Gasteiger partial charge in [0.2, 0.25) is 0 Å². The van der Waals surface area contributed by atoms with Crippen LogP contribution in [0.1, 0.15) is 10.5 Å². The van der Waals surface area contributed by atoms with Crippen molar-refractivity contribution in [3.63, 3.8) is 0 Å². The first-order valence-corrected chi connectivity index (χ1v) is 7.42. The van der Waals surface area contributed by atoms with Gasteiger partial charge in [0.15, 0.2) is 12.3 Å². The zero-order valence-corrected chi connectivity index (χ0v) is 13.1. The minimum absolute atomic E-state index is 0.0212. The predicted octanol–water partition coefficient (Wildman–Crippen LogP) is 3.12. The SMILES string of the molecule is O=C(Nc1ccc(OCC(F)(F)F)cc1)c1n[nH]c(=O)c2ccccc12. The molecule has 0 aliphatic carbocycles. The van der Waals surface area contributed by atoms with E-state index < -0.39 is 24.2 Å². The third kappa shape index (κ3) is 4.00. The highest BCUT2D eigenvalue weighted by Crippen LogP contribution is 2.21. The molecule has 0 aliphatic rings. The summed E-state index contributed by atoms with van der Waals surface area (Å²) in [6.07, 6.45) is -4.43. The van der Waals surface area contributed by atoms with Gasteiger partial charge in [-0.15, -0.1) is 0 Å². The smallest absolute Gasteiger partial charge is 0.422 e. The Bertz CT molecular complexity index is 998. The topological polar surface area (TPSA) is 84.1 Å². The molecule has 2 aromatic carbocycles. The number of fused-ring (bicyclic) bond motifs is 1. The van der Waals surface area contributed by atoms with Crippen LogP contribution in [0.4, 0.5) is 18.9 Å². The van der Waals surface area contributed by atoms with E-state index in [-0.39, 0.29) is 11.4 Å². The number of nitrogens with zero attached hydrogens (tertiary/aromatic N) is 1. The number of amides is 1. The Labute approximate surface area is 144 Å². The van der Waals surface area contributed by atoms with E-state index >= 15 is 0 Å². The number of alkyl halides is 3.